The monoisotopic (exact) mass is 242 g/mol. The standard InChI is InChI=1S/C14H14N2S/c1-3-11(8-15)13-9-17-14(16-13)12-6-4-10(2)5-7-12/h4-7,9,11H,3H2,1-2H3. The summed E-state index contributed by atoms with van der Waals surface area (Å²) in [5.74, 6) is -0.0783. The van der Waals surface area contributed by atoms with E-state index in [-0.39, 0.29) is 5.92 Å². The third-order valence-electron chi connectivity index (χ3n) is 2.74. The fraction of sp³-hybridized carbons (Fsp3) is 0.286. The maximum absolute atomic E-state index is 9.01. The molecule has 0 amide bonds. The van der Waals surface area contributed by atoms with Crippen LogP contribution >= 0.6 is 11.3 Å². The normalized spacial score (nSPS) is 12.1. The van der Waals surface area contributed by atoms with Gasteiger partial charge in [0.1, 0.15) is 5.01 Å². The first-order valence-corrected chi connectivity index (χ1v) is 6.54. The summed E-state index contributed by atoms with van der Waals surface area (Å²) < 4.78 is 0. The van der Waals surface area contributed by atoms with E-state index in [2.05, 4.69) is 42.2 Å². The Morgan fingerprint density at radius 2 is 2.06 bits per heavy atom. The zero-order valence-corrected chi connectivity index (χ0v) is 10.8. The maximum Gasteiger partial charge on any atom is 0.123 e. The van der Waals surface area contributed by atoms with Gasteiger partial charge >= 0.3 is 0 Å². The number of nitrogens with zero attached hydrogens (tertiary/aromatic N) is 2. The molecule has 0 saturated carbocycles. The van der Waals surface area contributed by atoms with Crippen LogP contribution in [0.1, 0.15) is 30.5 Å². The number of rotatable bonds is 3. The zero-order chi connectivity index (χ0) is 12.3. The SMILES string of the molecule is CCC(C#N)c1csc(-c2ccc(C)cc2)n1. The van der Waals surface area contributed by atoms with Crippen LogP contribution in [0.2, 0.25) is 0 Å². The van der Waals surface area contributed by atoms with Gasteiger partial charge in [0.25, 0.3) is 0 Å². The van der Waals surface area contributed by atoms with Gasteiger partial charge in [-0.15, -0.1) is 11.3 Å². The van der Waals surface area contributed by atoms with E-state index in [0.717, 1.165) is 22.7 Å². The van der Waals surface area contributed by atoms with Crippen LogP contribution in [0.15, 0.2) is 29.6 Å². The average molecular weight is 242 g/mol. The summed E-state index contributed by atoms with van der Waals surface area (Å²) in [5.41, 5.74) is 3.27. The molecule has 3 heteroatoms. The molecule has 1 aromatic carbocycles. The molecule has 1 aromatic heterocycles. The molecule has 17 heavy (non-hydrogen) atoms. The van der Waals surface area contributed by atoms with Crippen LogP contribution in [0.3, 0.4) is 0 Å². The Morgan fingerprint density at radius 3 is 2.65 bits per heavy atom. The molecule has 1 heterocycles. The summed E-state index contributed by atoms with van der Waals surface area (Å²) in [6.07, 6.45) is 0.813. The molecule has 2 nitrogen and oxygen atoms in total. The van der Waals surface area contributed by atoms with E-state index < -0.39 is 0 Å². The second-order valence-corrected chi connectivity index (χ2v) is 4.89. The van der Waals surface area contributed by atoms with Gasteiger partial charge in [0.05, 0.1) is 17.7 Å². The molecule has 0 N–H and O–H groups in total. The largest absolute Gasteiger partial charge is 0.240 e. The molecule has 0 radical (unpaired) electrons. The average Bonchev–Trinajstić information content (AvgIpc) is 2.81. The van der Waals surface area contributed by atoms with Crippen LogP contribution in [0.4, 0.5) is 0 Å². The van der Waals surface area contributed by atoms with Crippen molar-refractivity contribution < 1.29 is 0 Å². The Hall–Kier alpha value is -1.66. The minimum atomic E-state index is -0.0783. The molecule has 0 fully saturated rings. The highest BCUT2D eigenvalue weighted by Gasteiger charge is 2.12. The van der Waals surface area contributed by atoms with Crippen molar-refractivity contribution in [3.8, 4) is 16.6 Å². The van der Waals surface area contributed by atoms with Gasteiger partial charge in [-0.1, -0.05) is 36.8 Å². The van der Waals surface area contributed by atoms with Gasteiger partial charge in [-0.25, -0.2) is 4.98 Å². The van der Waals surface area contributed by atoms with Gasteiger partial charge in [0, 0.05) is 10.9 Å². The summed E-state index contributed by atoms with van der Waals surface area (Å²) in [6, 6.07) is 10.6. The van der Waals surface area contributed by atoms with Gasteiger partial charge in [-0.05, 0) is 13.3 Å². The van der Waals surface area contributed by atoms with Crippen LogP contribution < -0.4 is 0 Å². The van der Waals surface area contributed by atoms with Crippen molar-refractivity contribution in [2.24, 2.45) is 0 Å². The molecule has 1 unspecified atom stereocenters. The molecule has 0 aliphatic carbocycles. The van der Waals surface area contributed by atoms with Gasteiger partial charge in [0.15, 0.2) is 0 Å². The van der Waals surface area contributed by atoms with E-state index in [0.29, 0.717) is 0 Å². The van der Waals surface area contributed by atoms with Crippen LogP contribution in [0, 0.1) is 18.3 Å². The number of aryl methyl sites for hydroxylation is 1. The fourth-order valence-electron chi connectivity index (χ4n) is 1.64. The molecule has 1 atom stereocenters. The summed E-state index contributed by atoms with van der Waals surface area (Å²) >= 11 is 1.61. The molecular weight excluding hydrogens is 228 g/mol. The minimum absolute atomic E-state index is 0.0783. The number of thiazole rings is 1. The molecule has 0 spiro atoms. The van der Waals surface area contributed by atoms with Crippen molar-refractivity contribution in [1.29, 1.82) is 5.26 Å². The van der Waals surface area contributed by atoms with Gasteiger partial charge in [-0.3, -0.25) is 0 Å². The Balaban J connectivity index is 2.30. The number of benzene rings is 1. The number of nitriles is 1. The third-order valence-corrected chi connectivity index (χ3v) is 3.65. The Labute approximate surface area is 106 Å². The van der Waals surface area contributed by atoms with Crippen molar-refractivity contribution in [2.75, 3.05) is 0 Å². The Morgan fingerprint density at radius 1 is 1.35 bits per heavy atom. The van der Waals surface area contributed by atoms with Crippen LogP contribution in [-0.4, -0.2) is 4.98 Å². The van der Waals surface area contributed by atoms with E-state index in [1.54, 1.807) is 11.3 Å². The second kappa shape index (κ2) is 5.11. The lowest BCUT2D eigenvalue weighted by atomic mass is 10.1. The smallest absolute Gasteiger partial charge is 0.123 e. The lowest BCUT2D eigenvalue weighted by molar-refractivity contribution is 0.795. The van der Waals surface area contributed by atoms with E-state index >= 15 is 0 Å². The summed E-state index contributed by atoms with van der Waals surface area (Å²) in [7, 11) is 0. The van der Waals surface area contributed by atoms with E-state index in [1.807, 2.05) is 12.3 Å². The first-order chi connectivity index (χ1) is 8.24. The first kappa shape index (κ1) is 11.8. The fourth-order valence-corrected chi connectivity index (χ4v) is 2.52. The topological polar surface area (TPSA) is 36.7 Å². The highest BCUT2D eigenvalue weighted by Crippen LogP contribution is 2.28. The van der Waals surface area contributed by atoms with Crippen LogP contribution in [-0.2, 0) is 0 Å². The molecule has 2 rings (SSSR count). The summed E-state index contributed by atoms with van der Waals surface area (Å²) in [4.78, 5) is 4.55. The first-order valence-electron chi connectivity index (χ1n) is 5.66. The predicted octanol–water partition coefficient (Wildman–Crippen LogP) is 4.14. The summed E-state index contributed by atoms with van der Waals surface area (Å²) in [5, 5.41) is 12.0. The summed E-state index contributed by atoms with van der Waals surface area (Å²) in [6.45, 7) is 4.08. The Kier molecular flexibility index (Phi) is 3.55. The van der Waals surface area contributed by atoms with Crippen LogP contribution in [0.5, 0.6) is 0 Å². The quantitative estimate of drug-likeness (QED) is 0.811. The van der Waals surface area contributed by atoms with Gasteiger partial charge < -0.3 is 0 Å². The Bertz CT molecular complexity index is 534. The second-order valence-electron chi connectivity index (χ2n) is 4.03. The van der Waals surface area contributed by atoms with E-state index in [4.69, 9.17) is 5.26 Å². The zero-order valence-electron chi connectivity index (χ0n) is 9.97. The minimum Gasteiger partial charge on any atom is -0.240 e. The molecule has 0 aliphatic rings. The molecule has 2 aromatic rings. The highest BCUT2D eigenvalue weighted by molar-refractivity contribution is 7.13. The number of aromatic nitrogens is 1. The third kappa shape index (κ3) is 2.54. The van der Waals surface area contributed by atoms with Crippen LogP contribution in [0.25, 0.3) is 10.6 Å². The highest BCUT2D eigenvalue weighted by atomic mass is 32.1. The van der Waals surface area contributed by atoms with E-state index in [9.17, 15) is 0 Å². The van der Waals surface area contributed by atoms with Crippen molar-refractivity contribution in [3.63, 3.8) is 0 Å². The van der Waals surface area contributed by atoms with Gasteiger partial charge in [-0.2, -0.15) is 5.26 Å². The molecule has 86 valence electrons. The lowest BCUT2D eigenvalue weighted by Crippen LogP contribution is -1.93. The number of hydrogen-bond donors (Lipinski definition) is 0. The van der Waals surface area contributed by atoms with Crippen molar-refractivity contribution >= 4 is 11.3 Å². The molecular formula is C14H14N2S. The van der Waals surface area contributed by atoms with E-state index in [1.165, 1.54) is 5.56 Å². The molecule has 0 saturated heterocycles. The van der Waals surface area contributed by atoms with Crippen molar-refractivity contribution in [3.05, 3.63) is 40.9 Å². The lowest BCUT2D eigenvalue weighted by Gasteiger charge is -2.00. The maximum atomic E-state index is 9.01. The molecule has 0 bridgehead atoms. The number of hydrogen-bond acceptors (Lipinski definition) is 3. The van der Waals surface area contributed by atoms with Crippen molar-refractivity contribution in [1.82, 2.24) is 4.98 Å². The van der Waals surface area contributed by atoms with Gasteiger partial charge in [0.2, 0.25) is 0 Å². The molecule has 0 aliphatic heterocycles. The van der Waals surface area contributed by atoms with Crippen molar-refractivity contribution in [2.45, 2.75) is 26.2 Å². The predicted molar refractivity (Wildman–Crippen MR) is 70.9 cm³/mol.